The maximum absolute atomic E-state index is 11.3. The Labute approximate surface area is 70.3 Å². The van der Waals surface area contributed by atoms with Gasteiger partial charge >= 0.3 is 0 Å². The molecule has 11 heavy (non-hydrogen) atoms. The first-order valence-electron chi connectivity index (χ1n) is 4.16. The normalized spacial score (nSPS) is 12.5. The van der Waals surface area contributed by atoms with Gasteiger partial charge in [-0.15, -0.1) is 0 Å². The highest BCUT2D eigenvalue weighted by molar-refractivity contribution is 6.69. The number of nitrogens with two attached hydrogens (primary N) is 1. The van der Waals surface area contributed by atoms with Crippen molar-refractivity contribution in [2.45, 2.75) is 32.5 Å². The molecule has 67 valence electrons. The Hall–Kier alpha value is 0.0969. The Balaban J connectivity index is 3.28. The molecule has 0 bridgehead atoms. The van der Waals surface area contributed by atoms with Crippen molar-refractivity contribution in [3.05, 3.63) is 0 Å². The van der Waals surface area contributed by atoms with Crippen LogP contribution in [0.5, 0.6) is 0 Å². The van der Waals surface area contributed by atoms with Crippen LogP contribution in [0, 0.1) is 0 Å². The van der Waals surface area contributed by atoms with Crippen molar-refractivity contribution in [2.75, 3.05) is 13.1 Å². The summed E-state index contributed by atoms with van der Waals surface area (Å²) in [5, 5.41) is 1.75. The summed E-state index contributed by atoms with van der Waals surface area (Å²) in [5.74, 6) is 5.55. The van der Waals surface area contributed by atoms with Gasteiger partial charge in [-0.2, -0.15) is 0 Å². The van der Waals surface area contributed by atoms with Crippen LogP contribution in [0.1, 0.15) is 13.3 Å². The van der Waals surface area contributed by atoms with E-state index < -0.39 is 8.32 Å². The average molecular weight is 175 g/mol. The Kier molecular flexibility index (Phi) is 4.91. The van der Waals surface area contributed by atoms with Gasteiger partial charge in [-0.05, 0) is 25.6 Å². The van der Waals surface area contributed by atoms with Gasteiger partial charge in [-0.1, -0.05) is 6.92 Å². The van der Waals surface area contributed by atoms with Crippen LogP contribution in [0.2, 0.25) is 19.1 Å². The van der Waals surface area contributed by atoms with Gasteiger partial charge in [0.25, 0.3) is 0 Å². The van der Waals surface area contributed by atoms with Crippen LogP contribution in [-0.4, -0.2) is 26.4 Å². The van der Waals surface area contributed by atoms with E-state index in [1.165, 1.54) is 0 Å². The highest BCUT2D eigenvalue weighted by atomic mass is 28.4. The van der Waals surface area contributed by atoms with Crippen molar-refractivity contribution in [3.8, 4) is 0 Å². The predicted octanol–water partition coefficient (Wildman–Crippen LogP) is 1.21. The molecule has 0 rings (SSSR count). The van der Waals surface area contributed by atoms with E-state index in [1.54, 1.807) is 5.01 Å². The smallest absolute Gasteiger partial charge is 0.231 e. The lowest BCUT2D eigenvalue weighted by Crippen LogP contribution is -2.33. The summed E-state index contributed by atoms with van der Waals surface area (Å²) in [4.78, 5) is 11.3. The maximum atomic E-state index is 11.3. The average Bonchev–Trinajstić information content (AvgIpc) is 1.85. The summed E-state index contributed by atoms with van der Waals surface area (Å²) in [6, 6.07) is 0.834. The molecule has 0 spiro atoms. The van der Waals surface area contributed by atoms with Crippen molar-refractivity contribution in [1.29, 1.82) is 0 Å². The monoisotopic (exact) mass is 175 g/mol. The van der Waals surface area contributed by atoms with E-state index in [9.17, 15) is 4.80 Å². The lowest BCUT2D eigenvalue weighted by molar-refractivity contribution is 0.296. The van der Waals surface area contributed by atoms with Gasteiger partial charge in [-0.25, -0.2) is 5.01 Å². The van der Waals surface area contributed by atoms with Gasteiger partial charge in [0.05, 0.1) is 0 Å². The van der Waals surface area contributed by atoms with Gasteiger partial charge in [0.15, 0.2) is 0 Å². The van der Waals surface area contributed by atoms with Crippen molar-refractivity contribution in [1.82, 2.24) is 5.01 Å². The topological polar surface area (TPSA) is 49.2 Å². The molecule has 0 heterocycles. The molecule has 4 heteroatoms. The van der Waals surface area contributed by atoms with E-state index >= 15 is 0 Å². The van der Waals surface area contributed by atoms with E-state index in [-0.39, 0.29) is 0 Å². The molecular formula is C7H19N2OSi. The molecule has 0 aliphatic rings. The third kappa shape index (κ3) is 8.00. The number of hydrogen-bond acceptors (Lipinski definition) is 2. The molecule has 0 aliphatic carbocycles. The van der Waals surface area contributed by atoms with E-state index in [2.05, 4.69) is 0 Å². The zero-order chi connectivity index (χ0) is 8.91. The molecule has 1 radical (unpaired) electrons. The molecule has 0 unspecified atom stereocenters. The minimum Gasteiger partial charge on any atom is -0.298 e. The van der Waals surface area contributed by atoms with Crippen molar-refractivity contribution in [3.63, 3.8) is 0 Å². The Morgan fingerprint density at radius 3 is 2.36 bits per heavy atom. The summed E-state index contributed by atoms with van der Waals surface area (Å²) in [5.41, 5.74) is 0. The minimum absolute atomic E-state index is 0.834. The second kappa shape index (κ2) is 4.87. The first-order chi connectivity index (χ1) is 4.95. The summed E-state index contributed by atoms with van der Waals surface area (Å²) in [6.07, 6.45) is 0.951. The Bertz CT molecular complexity index is 103. The molecule has 0 aromatic carbocycles. The first kappa shape index (κ1) is 11.1. The molecular weight excluding hydrogens is 156 g/mol. The first-order valence-corrected chi connectivity index (χ1v) is 7.27. The summed E-state index contributed by atoms with van der Waals surface area (Å²) < 4.78 is 0. The standard InChI is InChI=1S/C7H19N2OSi/c1-4-9(8)6-5-7-11(2,3)10/h4-8H2,1-3H3. The third-order valence-electron chi connectivity index (χ3n) is 1.63. The molecule has 3 nitrogen and oxygen atoms in total. The Morgan fingerprint density at radius 1 is 1.45 bits per heavy atom. The number of hydrazine groups is 1. The maximum Gasteiger partial charge on any atom is 0.231 e. The van der Waals surface area contributed by atoms with Crippen LogP contribution in [0.15, 0.2) is 0 Å². The number of nitrogens with zero attached hydrogens (tertiary/aromatic N) is 1. The van der Waals surface area contributed by atoms with Crippen molar-refractivity contribution >= 4 is 8.32 Å². The zero-order valence-electron chi connectivity index (χ0n) is 7.76. The molecule has 2 N–H and O–H groups in total. The van der Waals surface area contributed by atoms with E-state index in [0.717, 1.165) is 25.6 Å². The second-order valence-corrected chi connectivity index (χ2v) is 7.51. The van der Waals surface area contributed by atoms with Crippen LogP contribution < -0.4 is 5.84 Å². The van der Waals surface area contributed by atoms with Gasteiger partial charge in [0.2, 0.25) is 8.32 Å². The fourth-order valence-corrected chi connectivity index (χ4v) is 1.88. The van der Waals surface area contributed by atoms with Gasteiger partial charge in [-0.3, -0.25) is 10.6 Å². The van der Waals surface area contributed by atoms with E-state index in [1.807, 2.05) is 20.0 Å². The highest BCUT2D eigenvalue weighted by Crippen LogP contribution is 2.08. The van der Waals surface area contributed by atoms with E-state index in [0.29, 0.717) is 0 Å². The number of rotatable bonds is 5. The highest BCUT2D eigenvalue weighted by Gasteiger charge is 2.18. The van der Waals surface area contributed by atoms with Crippen molar-refractivity contribution in [2.24, 2.45) is 5.84 Å². The largest absolute Gasteiger partial charge is 0.298 e. The third-order valence-corrected chi connectivity index (χ3v) is 3.19. The summed E-state index contributed by atoms with van der Waals surface area (Å²) >= 11 is 0. The summed E-state index contributed by atoms with van der Waals surface area (Å²) in [7, 11) is -2.07. The molecule has 0 atom stereocenters. The summed E-state index contributed by atoms with van der Waals surface area (Å²) in [6.45, 7) is 7.43. The molecule has 0 aliphatic heterocycles. The fraction of sp³-hybridized carbons (Fsp3) is 1.00. The molecule has 0 saturated heterocycles. The fourth-order valence-electron chi connectivity index (χ4n) is 0.866. The van der Waals surface area contributed by atoms with Gasteiger partial charge < -0.3 is 0 Å². The Morgan fingerprint density at radius 2 is 2.00 bits per heavy atom. The van der Waals surface area contributed by atoms with Crippen LogP contribution in [0.25, 0.3) is 0 Å². The predicted molar refractivity (Wildman–Crippen MR) is 49.0 cm³/mol. The minimum atomic E-state index is -2.07. The zero-order valence-corrected chi connectivity index (χ0v) is 8.76. The SMILES string of the molecule is CCN(N)CCC[Si](C)(C)[O]. The van der Waals surface area contributed by atoms with Crippen LogP contribution in [0.3, 0.4) is 0 Å². The molecule has 0 fully saturated rings. The number of hydrogen-bond donors (Lipinski definition) is 1. The van der Waals surface area contributed by atoms with Crippen LogP contribution in [0.4, 0.5) is 0 Å². The lowest BCUT2D eigenvalue weighted by Gasteiger charge is -2.15. The second-order valence-electron chi connectivity index (χ2n) is 3.49. The quantitative estimate of drug-likeness (QED) is 0.388. The van der Waals surface area contributed by atoms with Gasteiger partial charge in [0, 0.05) is 13.1 Å². The molecule has 0 saturated carbocycles. The van der Waals surface area contributed by atoms with Gasteiger partial charge in [0.1, 0.15) is 0 Å². The lowest BCUT2D eigenvalue weighted by atomic mass is 10.4. The molecule has 0 aromatic rings. The molecule has 0 aromatic heterocycles. The van der Waals surface area contributed by atoms with E-state index in [4.69, 9.17) is 5.84 Å². The molecule has 0 amide bonds. The van der Waals surface area contributed by atoms with Crippen molar-refractivity contribution < 1.29 is 4.80 Å². The van der Waals surface area contributed by atoms with Crippen LogP contribution >= 0.6 is 0 Å². The van der Waals surface area contributed by atoms with Crippen LogP contribution in [-0.2, 0) is 4.80 Å².